The van der Waals surface area contributed by atoms with Gasteiger partial charge in [-0.05, 0) is 30.7 Å². The molecule has 1 aliphatic rings. The van der Waals surface area contributed by atoms with E-state index in [-0.39, 0.29) is 0 Å². The largest absolute Gasteiger partial charge is 0.372 e. The molecule has 3 heteroatoms. The fourth-order valence-electron chi connectivity index (χ4n) is 1.66. The summed E-state index contributed by atoms with van der Waals surface area (Å²) in [4.78, 5) is 0. The maximum atomic E-state index is 8.64. The number of benzene rings is 1. The van der Waals surface area contributed by atoms with Gasteiger partial charge in [-0.15, -0.1) is 0 Å². The van der Waals surface area contributed by atoms with Crippen LogP contribution >= 0.6 is 0 Å². The van der Waals surface area contributed by atoms with Crippen LogP contribution in [-0.4, -0.2) is 19.2 Å². The van der Waals surface area contributed by atoms with Crippen molar-refractivity contribution in [2.24, 2.45) is 0 Å². The zero-order chi connectivity index (χ0) is 10.5. The molecule has 3 nitrogen and oxygen atoms in total. The highest BCUT2D eigenvalue weighted by Gasteiger charge is 2.14. The first-order valence-corrected chi connectivity index (χ1v) is 5.20. The van der Waals surface area contributed by atoms with Gasteiger partial charge in [-0.2, -0.15) is 5.26 Å². The predicted octanol–water partition coefficient (Wildman–Crippen LogP) is 1.44. The zero-order valence-electron chi connectivity index (χ0n) is 8.57. The van der Waals surface area contributed by atoms with E-state index in [4.69, 9.17) is 10.00 Å². The van der Waals surface area contributed by atoms with Gasteiger partial charge in [0.2, 0.25) is 0 Å². The quantitative estimate of drug-likeness (QED) is 0.806. The first-order chi connectivity index (χ1) is 7.38. The van der Waals surface area contributed by atoms with E-state index < -0.39 is 0 Å². The summed E-state index contributed by atoms with van der Waals surface area (Å²) in [6.45, 7) is 2.65. The first kappa shape index (κ1) is 10.2. The maximum Gasteiger partial charge on any atom is 0.0991 e. The summed E-state index contributed by atoms with van der Waals surface area (Å²) in [6.07, 6.45) is 1.44. The van der Waals surface area contributed by atoms with Crippen LogP contribution in [0.15, 0.2) is 24.3 Å². The van der Waals surface area contributed by atoms with Gasteiger partial charge < -0.3 is 10.1 Å². The SMILES string of the molecule is N#Cc1ccc(CO[C@H]2CCNC2)cc1. The van der Waals surface area contributed by atoms with Gasteiger partial charge in [0.15, 0.2) is 0 Å². The van der Waals surface area contributed by atoms with Crippen LogP contribution in [0.3, 0.4) is 0 Å². The Labute approximate surface area is 89.7 Å². The van der Waals surface area contributed by atoms with Crippen molar-refractivity contribution in [1.29, 1.82) is 5.26 Å². The van der Waals surface area contributed by atoms with Gasteiger partial charge in [0, 0.05) is 6.54 Å². The van der Waals surface area contributed by atoms with Gasteiger partial charge in [0.05, 0.1) is 24.3 Å². The van der Waals surface area contributed by atoms with E-state index in [0.717, 1.165) is 25.1 Å². The minimum atomic E-state index is 0.348. The van der Waals surface area contributed by atoms with Gasteiger partial charge in [-0.1, -0.05) is 12.1 Å². The number of nitrogens with one attached hydrogen (secondary N) is 1. The topological polar surface area (TPSA) is 45.0 Å². The molecule has 0 aliphatic carbocycles. The predicted molar refractivity (Wildman–Crippen MR) is 57.2 cm³/mol. The number of ether oxygens (including phenoxy) is 1. The lowest BCUT2D eigenvalue weighted by atomic mass is 10.1. The van der Waals surface area contributed by atoms with Crippen LogP contribution in [0.1, 0.15) is 17.5 Å². The number of nitriles is 1. The molecule has 0 aromatic heterocycles. The van der Waals surface area contributed by atoms with Crippen molar-refractivity contribution >= 4 is 0 Å². The van der Waals surface area contributed by atoms with E-state index in [9.17, 15) is 0 Å². The monoisotopic (exact) mass is 202 g/mol. The molecule has 0 spiro atoms. The van der Waals surface area contributed by atoms with Crippen molar-refractivity contribution in [3.63, 3.8) is 0 Å². The molecule has 0 bridgehead atoms. The lowest BCUT2D eigenvalue weighted by Crippen LogP contribution is -2.16. The number of rotatable bonds is 3. The second-order valence-corrected chi connectivity index (χ2v) is 3.73. The molecular formula is C12H14N2O. The molecule has 1 saturated heterocycles. The van der Waals surface area contributed by atoms with Gasteiger partial charge in [0.25, 0.3) is 0 Å². The highest BCUT2D eigenvalue weighted by atomic mass is 16.5. The zero-order valence-corrected chi connectivity index (χ0v) is 8.57. The summed E-state index contributed by atoms with van der Waals surface area (Å²) in [5.41, 5.74) is 1.82. The average Bonchev–Trinajstić information content (AvgIpc) is 2.80. The van der Waals surface area contributed by atoms with E-state index in [2.05, 4.69) is 11.4 Å². The van der Waals surface area contributed by atoms with Crippen LogP contribution in [0, 0.1) is 11.3 Å². The summed E-state index contributed by atoms with van der Waals surface area (Å²) in [5.74, 6) is 0. The number of hydrogen-bond acceptors (Lipinski definition) is 3. The molecule has 1 aliphatic heterocycles. The number of nitrogens with zero attached hydrogens (tertiary/aromatic N) is 1. The molecular weight excluding hydrogens is 188 g/mol. The minimum absolute atomic E-state index is 0.348. The molecule has 78 valence electrons. The third-order valence-corrected chi connectivity index (χ3v) is 2.58. The Kier molecular flexibility index (Phi) is 3.33. The lowest BCUT2D eigenvalue weighted by molar-refractivity contribution is 0.0542. The van der Waals surface area contributed by atoms with Crippen molar-refractivity contribution in [2.75, 3.05) is 13.1 Å². The average molecular weight is 202 g/mol. The Morgan fingerprint density at radius 1 is 1.40 bits per heavy atom. The van der Waals surface area contributed by atoms with Crippen molar-refractivity contribution in [3.05, 3.63) is 35.4 Å². The lowest BCUT2D eigenvalue weighted by Gasteiger charge is -2.10. The molecule has 15 heavy (non-hydrogen) atoms. The molecule has 1 heterocycles. The highest BCUT2D eigenvalue weighted by Crippen LogP contribution is 2.09. The normalized spacial score (nSPS) is 20.1. The van der Waals surface area contributed by atoms with Crippen LogP contribution < -0.4 is 5.32 Å². The van der Waals surface area contributed by atoms with Crippen LogP contribution in [0.2, 0.25) is 0 Å². The van der Waals surface area contributed by atoms with Crippen LogP contribution in [0.25, 0.3) is 0 Å². The Balaban J connectivity index is 1.85. The standard InChI is InChI=1S/C12H14N2O/c13-7-10-1-3-11(4-2-10)9-15-12-5-6-14-8-12/h1-4,12,14H,5-6,8-9H2/t12-/m0/s1. The molecule has 1 fully saturated rings. The second-order valence-electron chi connectivity index (χ2n) is 3.73. The number of hydrogen-bond donors (Lipinski definition) is 1. The first-order valence-electron chi connectivity index (χ1n) is 5.20. The van der Waals surface area contributed by atoms with E-state index in [1.165, 1.54) is 0 Å². The van der Waals surface area contributed by atoms with Gasteiger partial charge in [-0.3, -0.25) is 0 Å². The third kappa shape index (κ3) is 2.79. The molecule has 1 aromatic carbocycles. The van der Waals surface area contributed by atoms with Crippen molar-refractivity contribution in [1.82, 2.24) is 5.32 Å². The molecule has 0 unspecified atom stereocenters. The molecule has 0 amide bonds. The summed E-state index contributed by atoms with van der Waals surface area (Å²) >= 11 is 0. The Hall–Kier alpha value is -1.37. The molecule has 0 saturated carbocycles. The van der Waals surface area contributed by atoms with Crippen LogP contribution in [-0.2, 0) is 11.3 Å². The molecule has 2 rings (SSSR count). The Bertz CT molecular complexity index is 347. The molecule has 1 atom stereocenters. The summed E-state index contributed by atoms with van der Waals surface area (Å²) in [5, 5.41) is 11.9. The molecule has 1 N–H and O–H groups in total. The van der Waals surface area contributed by atoms with Crippen LogP contribution in [0.5, 0.6) is 0 Å². The summed E-state index contributed by atoms with van der Waals surface area (Å²) in [6, 6.07) is 9.64. The fraction of sp³-hybridized carbons (Fsp3) is 0.417. The smallest absolute Gasteiger partial charge is 0.0991 e. The van der Waals surface area contributed by atoms with Gasteiger partial charge in [0.1, 0.15) is 0 Å². The third-order valence-electron chi connectivity index (χ3n) is 2.58. The van der Waals surface area contributed by atoms with E-state index in [0.29, 0.717) is 18.3 Å². The Morgan fingerprint density at radius 2 is 2.20 bits per heavy atom. The van der Waals surface area contributed by atoms with E-state index in [1.54, 1.807) is 0 Å². The maximum absolute atomic E-state index is 8.64. The summed E-state index contributed by atoms with van der Waals surface area (Å²) in [7, 11) is 0. The van der Waals surface area contributed by atoms with Crippen molar-refractivity contribution in [3.8, 4) is 6.07 Å². The minimum Gasteiger partial charge on any atom is -0.372 e. The van der Waals surface area contributed by atoms with Gasteiger partial charge >= 0.3 is 0 Å². The molecule has 1 aromatic rings. The van der Waals surface area contributed by atoms with Crippen LogP contribution in [0.4, 0.5) is 0 Å². The molecule has 0 radical (unpaired) electrons. The van der Waals surface area contributed by atoms with Crippen molar-refractivity contribution in [2.45, 2.75) is 19.1 Å². The second kappa shape index (κ2) is 4.92. The van der Waals surface area contributed by atoms with E-state index >= 15 is 0 Å². The van der Waals surface area contributed by atoms with E-state index in [1.807, 2.05) is 24.3 Å². The van der Waals surface area contributed by atoms with Gasteiger partial charge in [-0.25, -0.2) is 0 Å². The fourth-order valence-corrected chi connectivity index (χ4v) is 1.66. The Morgan fingerprint density at radius 3 is 2.80 bits per heavy atom. The highest BCUT2D eigenvalue weighted by molar-refractivity contribution is 5.31. The summed E-state index contributed by atoms with van der Waals surface area (Å²) < 4.78 is 5.72. The van der Waals surface area contributed by atoms with Crippen molar-refractivity contribution < 1.29 is 4.74 Å².